The molecule has 2 aromatic heterocycles. The molecule has 0 fully saturated rings. The zero-order valence-electron chi connectivity index (χ0n) is 14.0. The highest BCUT2D eigenvalue weighted by atomic mass is 16.4. The van der Waals surface area contributed by atoms with Gasteiger partial charge in [0.05, 0.1) is 19.1 Å². The van der Waals surface area contributed by atoms with Crippen molar-refractivity contribution in [2.45, 2.75) is 13.5 Å². The molecule has 0 saturated carbocycles. The van der Waals surface area contributed by atoms with E-state index in [0.29, 0.717) is 12.4 Å². The highest BCUT2D eigenvalue weighted by Gasteiger charge is 2.15. The van der Waals surface area contributed by atoms with E-state index in [-0.39, 0.29) is 5.95 Å². The average molecular weight is 351 g/mol. The van der Waals surface area contributed by atoms with Crippen LogP contribution in [0.1, 0.15) is 18.1 Å². The molecule has 4 rings (SSSR count). The van der Waals surface area contributed by atoms with Crippen LogP contribution in [-0.4, -0.2) is 27.3 Å². The molecule has 132 valence electrons. The summed E-state index contributed by atoms with van der Waals surface area (Å²) in [5.74, 6) is 0.0586. The molecule has 1 aromatic carbocycles. The summed E-state index contributed by atoms with van der Waals surface area (Å²) in [5.41, 5.74) is 11.0. The molecule has 1 aliphatic heterocycles. The van der Waals surface area contributed by atoms with Crippen LogP contribution in [-0.2, 0) is 11.3 Å². The van der Waals surface area contributed by atoms with E-state index in [1.54, 1.807) is 24.8 Å². The van der Waals surface area contributed by atoms with Crippen molar-refractivity contribution in [2.75, 3.05) is 11.1 Å². The number of nitrogens with zero attached hydrogens (tertiary/aromatic N) is 3. The van der Waals surface area contributed by atoms with E-state index >= 15 is 0 Å². The zero-order chi connectivity index (χ0) is 18.5. The number of nitrogen functional groups attached to an aromatic ring is 1. The second kappa shape index (κ2) is 7.47. The van der Waals surface area contributed by atoms with E-state index in [0.717, 1.165) is 29.3 Å². The Bertz CT molecular complexity index is 947. The standard InChI is InChI=1S/C16H13N5O.C2H4O2/c17-16-19-3-1-15(21-16)20-12-5-11-7-18-8-14(11)13(6-12)10-2-4-22-9-10;1-2(3)4/h1-7,9H,8H2,(H3,17,19,20,21);1H3,(H,3,4). The molecule has 1 aliphatic rings. The molecule has 0 unspecified atom stereocenters. The van der Waals surface area contributed by atoms with Gasteiger partial charge in [-0.05, 0) is 35.4 Å². The van der Waals surface area contributed by atoms with Gasteiger partial charge in [0.1, 0.15) is 5.82 Å². The summed E-state index contributed by atoms with van der Waals surface area (Å²) in [6, 6.07) is 7.83. The van der Waals surface area contributed by atoms with E-state index in [2.05, 4.69) is 26.3 Å². The molecule has 3 heterocycles. The minimum Gasteiger partial charge on any atom is -0.481 e. The van der Waals surface area contributed by atoms with Crippen LogP contribution in [0.15, 0.2) is 52.4 Å². The molecular weight excluding hydrogens is 334 g/mol. The van der Waals surface area contributed by atoms with Crippen LogP contribution in [0.4, 0.5) is 17.5 Å². The lowest BCUT2D eigenvalue weighted by molar-refractivity contribution is -0.134. The fraction of sp³-hybridized carbons (Fsp3) is 0.111. The van der Waals surface area contributed by atoms with E-state index in [1.807, 2.05) is 18.3 Å². The number of hydrogen-bond donors (Lipinski definition) is 3. The second-order valence-corrected chi connectivity index (χ2v) is 5.52. The first-order chi connectivity index (χ1) is 12.5. The Morgan fingerprint density at radius 2 is 2.15 bits per heavy atom. The Kier molecular flexibility index (Phi) is 4.93. The third kappa shape index (κ3) is 4.04. The molecule has 3 aromatic rings. The third-order valence-corrected chi connectivity index (χ3v) is 3.54. The van der Waals surface area contributed by atoms with Crippen molar-refractivity contribution in [3.05, 3.63) is 54.1 Å². The maximum Gasteiger partial charge on any atom is 0.300 e. The van der Waals surface area contributed by atoms with Gasteiger partial charge in [-0.3, -0.25) is 9.79 Å². The topological polar surface area (TPSA) is 127 Å². The summed E-state index contributed by atoms with van der Waals surface area (Å²) in [5, 5.41) is 10.7. The molecule has 8 heteroatoms. The molecule has 0 bridgehead atoms. The Morgan fingerprint density at radius 1 is 1.35 bits per heavy atom. The Morgan fingerprint density at radius 3 is 2.85 bits per heavy atom. The molecule has 0 amide bonds. The molecule has 26 heavy (non-hydrogen) atoms. The van der Waals surface area contributed by atoms with Crippen LogP contribution in [0.2, 0.25) is 0 Å². The van der Waals surface area contributed by atoms with Crippen LogP contribution < -0.4 is 11.1 Å². The fourth-order valence-corrected chi connectivity index (χ4v) is 2.56. The Hall–Kier alpha value is -3.68. The maximum absolute atomic E-state index is 9.00. The molecule has 0 saturated heterocycles. The number of benzene rings is 1. The predicted molar refractivity (Wildman–Crippen MR) is 98.5 cm³/mol. The molecule has 0 spiro atoms. The quantitative estimate of drug-likeness (QED) is 0.661. The molecule has 0 atom stereocenters. The van der Waals surface area contributed by atoms with E-state index in [1.165, 1.54) is 5.56 Å². The van der Waals surface area contributed by atoms with Crippen LogP contribution in [0.25, 0.3) is 11.1 Å². The predicted octanol–water partition coefficient (Wildman–Crippen LogP) is 3.09. The number of aliphatic imine (C=N–C) groups is 1. The van der Waals surface area contributed by atoms with Crippen molar-refractivity contribution in [1.82, 2.24) is 9.97 Å². The van der Waals surface area contributed by atoms with E-state index in [4.69, 9.17) is 20.1 Å². The third-order valence-electron chi connectivity index (χ3n) is 3.54. The number of rotatable bonds is 3. The number of fused-ring (bicyclic) bond motifs is 1. The van der Waals surface area contributed by atoms with Gasteiger partial charge >= 0.3 is 0 Å². The van der Waals surface area contributed by atoms with Gasteiger partial charge in [0.15, 0.2) is 0 Å². The first-order valence-electron chi connectivity index (χ1n) is 7.77. The largest absolute Gasteiger partial charge is 0.481 e. The van der Waals surface area contributed by atoms with Gasteiger partial charge in [0, 0.05) is 36.1 Å². The fourth-order valence-electron chi connectivity index (χ4n) is 2.56. The van der Waals surface area contributed by atoms with E-state index < -0.39 is 5.97 Å². The van der Waals surface area contributed by atoms with Gasteiger partial charge in [-0.15, -0.1) is 0 Å². The highest BCUT2D eigenvalue weighted by molar-refractivity contribution is 5.91. The minimum absolute atomic E-state index is 0.239. The lowest BCUT2D eigenvalue weighted by Gasteiger charge is -2.11. The average Bonchev–Trinajstić information content (AvgIpc) is 3.25. The summed E-state index contributed by atoms with van der Waals surface area (Å²) in [6.07, 6.45) is 6.91. The molecule has 0 radical (unpaired) electrons. The minimum atomic E-state index is -0.833. The summed E-state index contributed by atoms with van der Waals surface area (Å²) in [4.78, 5) is 21.4. The van der Waals surface area contributed by atoms with Gasteiger partial charge in [0.25, 0.3) is 5.97 Å². The first-order valence-corrected chi connectivity index (χ1v) is 7.77. The normalized spacial score (nSPS) is 11.4. The van der Waals surface area contributed by atoms with Crippen molar-refractivity contribution < 1.29 is 14.3 Å². The van der Waals surface area contributed by atoms with Gasteiger partial charge in [-0.1, -0.05) is 0 Å². The van der Waals surface area contributed by atoms with Gasteiger partial charge in [-0.2, -0.15) is 4.98 Å². The molecule has 4 N–H and O–H groups in total. The van der Waals surface area contributed by atoms with Gasteiger partial charge < -0.3 is 20.6 Å². The highest BCUT2D eigenvalue weighted by Crippen LogP contribution is 2.33. The number of furan rings is 1. The number of nitrogens with one attached hydrogen (secondary N) is 1. The van der Waals surface area contributed by atoms with Crippen LogP contribution in [0.5, 0.6) is 0 Å². The lowest BCUT2D eigenvalue weighted by atomic mass is 9.98. The van der Waals surface area contributed by atoms with Crippen LogP contribution in [0, 0.1) is 0 Å². The lowest BCUT2D eigenvalue weighted by Crippen LogP contribution is -2.00. The molecule has 8 nitrogen and oxygen atoms in total. The van der Waals surface area contributed by atoms with Crippen molar-refractivity contribution in [1.29, 1.82) is 0 Å². The van der Waals surface area contributed by atoms with Crippen molar-refractivity contribution >= 4 is 29.6 Å². The first kappa shape index (κ1) is 17.2. The van der Waals surface area contributed by atoms with Crippen molar-refractivity contribution in [3.63, 3.8) is 0 Å². The molecular formula is C18H17N5O3. The molecule has 0 aliphatic carbocycles. The number of carbonyl (C=O) groups is 1. The number of nitrogens with two attached hydrogens (primary N) is 1. The smallest absolute Gasteiger partial charge is 0.300 e. The van der Waals surface area contributed by atoms with Gasteiger partial charge in [-0.25, -0.2) is 4.98 Å². The number of anilines is 3. The Labute approximate surface area is 149 Å². The second-order valence-electron chi connectivity index (χ2n) is 5.52. The van der Waals surface area contributed by atoms with Crippen molar-refractivity contribution in [3.8, 4) is 11.1 Å². The SMILES string of the molecule is CC(=O)O.Nc1nccc(Nc2cc3c(c(-c4ccoc4)c2)CN=C3)n1. The summed E-state index contributed by atoms with van der Waals surface area (Å²) < 4.78 is 5.20. The number of aromatic nitrogens is 2. The summed E-state index contributed by atoms with van der Waals surface area (Å²) >= 11 is 0. The number of carboxylic acid groups (broad SMARTS) is 1. The zero-order valence-corrected chi connectivity index (χ0v) is 14.0. The Balaban J connectivity index is 0.000000447. The van der Waals surface area contributed by atoms with Crippen LogP contribution >= 0.6 is 0 Å². The van der Waals surface area contributed by atoms with Crippen molar-refractivity contribution in [2.24, 2.45) is 4.99 Å². The number of hydrogen-bond acceptors (Lipinski definition) is 7. The van der Waals surface area contributed by atoms with Crippen LogP contribution in [0.3, 0.4) is 0 Å². The summed E-state index contributed by atoms with van der Waals surface area (Å²) in [7, 11) is 0. The monoisotopic (exact) mass is 351 g/mol. The number of carboxylic acids is 1. The summed E-state index contributed by atoms with van der Waals surface area (Å²) in [6.45, 7) is 1.77. The van der Waals surface area contributed by atoms with E-state index in [9.17, 15) is 0 Å². The number of aliphatic carboxylic acids is 1. The maximum atomic E-state index is 9.00. The van der Waals surface area contributed by atoms with Gasteiger partial charge in [0.2, 0.25) is 5.95 Å².